The Hall–Kier alpha value is -2.17. The molecule has 2 aromatic rings. The van der Waals surface area contributed by atoms with Crippen molar-refractivity contribution < 1.29 is 9.18 Å². The van der Waals surface area contributed by atoms with Crippen LogP contribution in [0.25, 0.3) is 6.08 Å². The number of halogens is 2. The van der Waals surface area contributed by atoms with E-state index in [9.17, 15) is 9.18 Å². The summed E-state index contributed by atoms with van der Waals surface area (Å²) in [5.41, 5.74) is 3.01. The normalized spacial score (nSPS) is 20.7. The Bertz CT molecular complexity index is 865. The maximum absolute atomic E-state index is 13.1. The van der Waals surface area contributed by atoms with Gasteiger partial charge in [0.15, 0.2) is 0 Å². The molecule has 3 nitrogen and oxygen atoms in total. The van der Waals surface area contributed by atoms with Crippen LogP contribution < -0.4 is 0 Å². The van der Waals surface area contributed by atoms with Crippen LogP contribution in [0.2, 0.25) is 5.02 Å². The van der Waals surface area contributed by atoms with Crippen molar-refractivity contribution in [3.8, 4) is 0 Å². The van der Waals surface area contributed by atoms with Crippen LogP contribution in [0.4, 0.5) is 4.39 Å². The minimum absolute atomic E-state index is 0.00239. The Morgan fingerprint density at radius 3 is 2.54 bits per heavy atom. The van der Waals surface area contributed by atoms with E-state index in [0.29, 0.717) is 11.6 Å². The van der Waals surface area contributed by atoms with Crippen molar-refractivity contribution in [2.45, 2.75) is 39.4 Å². The van der Waals surface area contributed by atoms with Crippen LogP contribution in [0.15, 0.2) is 48.5 Å². The quantitative estimate of drug-likeness (QED) is 0.680. The van der Waals surface area contributed by atoms with Gasteiger partial charge in [0.1, 0.15) is 5.82 Å². The van der Waals surface area contributed by atoms with Gasteiger partial charge in [-0.15, -0.1) is 0 Å². The Labute approximate surface area is 171 Å². The predicted molar refractivity (Wildman–Crippen MR) is 113 cm³/mol. The second-order valence-corrected chi connectivity index (χ2v) is 8.01. The van der Waals surface area contributed by atoms with Gasteiger partial charge in [0, 0.05) is 42.8 Å². The molecule has 1 aliphatic heterocycles. The van der Waals surface area contributed by atoms with E-state index in [4.69, 9.17) is 11.6 Å². The first kappa shape index (κ1) is 20.6. The Balaban J connectivity index is 1.63. The van der Waals surface area contributed by atoms with Crippen molar-refractivity contribution in [2.75, 3.05) is 13.1 Å². The van der Waals surface area contributed by atoms with Gasteiger partial charge in [-0.25, -0.2) is 4.39 Å². The fourth-order valence-electron chi connectivity index (χ4n) is 3.57. The lowest BCUT2D eigenvalue weighted by Gasteiger charge is -2.44. The van der Waals surface area contributed by atoms with E-state index in [2.05, 4.69) is 18.7 Å². The van der Waals surface area contributed by atoms with Crippen LogP contribution in [0.5, 0.6) is 0 Å². The third-order valence-electron chi connectivity index (χ3n) is 5.26. The molecule has 0 aliphatic carbocycles. The highest BCUT2D eigenvalue weighted by Crippen LogP contribution is 2.21. The number of hydrogen-bond acceptors (Lipinski definition) is 2. The monoisotopic (exact) mass is 400 g/mol. The van der Waals surface area contributed by atoms with Crippen molar-refractivity contribution in [3.05, 3.63) is 76.1 Å². The summed E-state index contributed by atoms with van der Waals surface area (Å²) in [6.07, 6.45) is 3.39. The van der Waals surface area contributed by atoms with Gasteiger partial charge in [-0.2, -0.15) is 0 Å². The molecule has 1 fully saturated rings. The molecule has 0 N–H and O–H groups in total. The van der Waals surface area contributed by atoms with Crippen molar-refractivity contribution >= 4 is 23.6 Å². The van der Waals surface area contributed by atoms with Crippen LogP contribution >= 0.6 is 11.6 Å². The fraction of sp³-hybridized carbons (Fsp3) is 0.348. The second kappa shape index (κ2) is 8.89. The van der Waals surface area contributed by atoms with Crippen molar-refractivity contribution in [1.82, 2.24) is 9.80 Å². The summed E-state index contributed by atoms with van der Waals surface area (Å²) >= 11 is 6.25. The molecule has 5 heteroatoms. The van der Waals surface area contributed by atoms with E-state index in [1.165, 1.54) is 12.1 Å². The zero-order valence-corrected chi connectivity index (χ0v) is 17.3. The summed E-state index contributed by atoms with van der Waals surface area (Å²) in [7, 11) is 0. The summed E-state index contributed by atoms with van der Waals surface area (Å²) in [5, 5.41) is 0.648. The summed E-state index contributed by atoms with van der Waals surface area (Å²) in [4.78, 5) is 17.0. The van der Waals surface area contributed by atoms with Crippen molar-refractivity contribution in [3.63, 3.8) is 0 Å². The number of rotatable bonds is 4. The van der Waals surface area contributed by atoms with Gasteiger partial charge in [0.25, 0.3) is 0 Å². The van der Waals surface area contributed by atoms with E-state index < -0.39 is 0 Å². The number of hydrogen-bond donors (Lipinski definition) is 0. The average Bonchev–Trinajstić information content (AvgIpc) is 2.65. The van der Waals surface area contributed by atoms with E-state index in [0.717, 1.165) is 29.8 Å². The molecule has 1 saturated heterocycles. The standard InChI is InChI=1S/C23H26ClFN2O/c1-16-4-7-20(22(24)12-16)8-11-23(28)27-14-17(2)26(13-18(27)3)15-19-5-9-21(25)10-6-19/h4-12,17-18H,13-15H2,1-3H3/t17-,18+/m0/s1. The number of piperazine rings is 1. The summed E-state index contributed by atoms with van der Waals surface area (Å²) in [6.45, 7) is 8.36. The van der Waals surface area contributed by atoms with Gasteiger partial charge in [-0.3, -0.25) is 9.69 Å². The van der Waals surface area contributed by atoms with E-state index in [1.807, 2.05) is 42.2 Å². The minimum atomic E-state index is -0.221. The van der Waals surface area contributed by atoms with E-state index in [1.54, 1.807) is 12.2 Å². The molecule has 0 unspecified atom stereocenters. The van der Waals surface area contributed by atoms with E-state index in [-0.39, 0.29) is 23.8 Å². The Morgan fingerprint density at radius 2 is 1.86 bits per heavy atom. The summed E-state index contributed by atoms with van der Waals surface area (Å²) in [6, 6.07) is 12.7. The minimum Gasteiger partial charge on any atom is -0.334 e. The molecule has 1 aliphatic rings. The highest BCUT2D eigenvalue weighted by molar-refractivity contribution is 6.32. The molecular formula is C23H26ClFN2O. The molecule has 0 spiro atoms. The van der Waals surface area contributed by atoms with Crippen LogP contribution in [-0.2, 0) is 11.3 Å². The topological polar surface area (TPSA) is 23.6 Å². The summed E-state index contributed by atoms with van der Waals surface area (Å²) < 4.78 is 13.1. The van der Waals surface area contributed by atoms with E-state index >= 15 is 0 Å². The largest absolute Gasteiger partial charge is 0.334 e. The highest BCUT2D eigenvalue weighted by Gasteiger charge is 2.30. The lowest BCUT2D eigenvalue weighted by atomic mass is 10.1. The Morgan fingerprint density at radius 1 is 1.14 bits per heavy atom. The zero-order chi connectivity index (χ0) is 20.3. The van der Waals surface area contributed by atoms with Crippen LogP contribution in [0.3, 0.4) is 0 Å². The first-order chi connectivity index (χ1) is 13.3. The third kappa shape index (κ3) is 5.00. The predicted octanol–water partition coefficient (Wildman–Crippen LogP) is 4.92. The fourth-order valence-corrected chi connectivity index (χ4v) is 3.87. The number of carbonyl (C=O) groups excluding carboxylic acids is 1. The van der Waals surface area contributed by atoms with Gasteiger partial charge < -0.3 is 4.90 Å². The molecule has 3 rings (SSSR count). The molecule has 1 amide bonds. The van der Waals surface area contributed by atoms with Gasteiger partial charge >= 0.3 is 0 Å². The molecule has 0 radical (unpaired) electrons. The number of amides is 1. The van der Waals surface area contributed by atoms with Crippen LogP contribution in [0.1, 0.15) is 30.5 Å². The first-order valence-electron chi connectivity index (χ1n) is 9.57. The maximum Gasteiger partial charge on any atom is 0.246 e. The van der Waals surface area contributed by atoms with Crippen molar-refractivity contribution in [1.29, 1.82) is 0 Å². The lowest BCUT2D eigenvalue weighted by Crippen LogP contribution is -2.57. The summed E-state index contributed by atoms with van der Waals surface area (Å²) in [5.74, 6) is -0.224. The van der Waals surface area contributed by atoms with Gasteiger partial charge in [-0.05, 0) is 61.7 Å². The van der Waals surface area contributed by atoms with Gasteiger partial charge in [0.2, 0.25) is 5.91 Å². The SMILES string of the molecule is Cc1ccc(C=CC(=O)N2C[C@H](C)N(Cc3ccc(F)cc3)C[C@H]2C)c(Cl)c1. The molecule has 0 bridgehead atoms. The number of carbonyl (C=O) groups is 1. The lowest BCUT2D eigenvalue weighted by molar-refractivity contribution is -0.131. The first-order valence-corrected chi connectivity index (χ1v) is 9.94. The molecular weight excluding hydrogens is 375 g/mol. The highest BCUT2D eigenvalue weighted by atomic mass is 35.5. The smallest absolute Gasteiger partial charge is 0.246 e. The molecule has 0 aromatic heterocycles. The molecule has 28 heavy (non-hydrogen) atoms. The molecule has 2 aromatic carbocycles. The van der Waals surface area contributed by atoms with Crippen LogP contribution in [-0.4, -0.2) is 40.9 Å². The molecule has 2 atom stereocenters. The third-order valence-corrected chi connectivity index (χ3v) is 5.59. The number of benzene rings is 2. The van der Waals surface area contributed by atoms with Crippen molar-refractivity contribution in [2.24, 2.45) is 0 Å². The number of aryl methyl sites for hydroxylation is 1. The molecule has 1 heterocycles. The molecule has 148 valence electrons. The van der Waals surface area contributed by atoms with Crippen LogP contribution in [0, 0.1) is 12.7 Å². The average molecular weight is 401 g/mol. The maximum atomic E-state index is 13.1. The molecule has 0 saturated carbocycles. The Kier molecular flexibility index (Phi) is 6.53. The number of nitrogens with zero attached hydrogens (tertiary/aromatic N) is 2. The second-order valence-electron chi connectivity index (χ2n) is 7.60. The van der Waals surface area contributed by atoms with Gasteiger partial charge in [-0.1, -0.05) is 35.9 Å². The van der Waals surface area contributed by atoms with Gasteiger partial charge in [0.05, 0.1) is 0 Å². The zero-order valence-electron chi connectivity index (χ0n) is 16.5.